The third-order valence-electron chi connectivity index (χ3n) is 1.77. The first-order valence-corrected chi connectivity index (χ1v) is 3.80. The summed E-state index contributed by atoms with van der Waals surface area (Å²) in [5, 5.41) is 0. The van der Waals surface area contributed by atoms with Crippen molar-refractivity contribution in [2.45, 2.75) is 26.7 Å². The molecule has 0 atom stereocenters. The van der Waals surface area contributed by atoms with E-state index in [1.807, 2.05) is 12.4 Å². The largest absolute Gasteiger partial charge is 0.264 e. The van der Waals surface area contributed by atoms with Gasteiger partial charge in [-0.3, -0.25) is 4.98 Å². The molecule has 0 aliphatic rings. The number of aryl methyl sites for hydroxylation is 2. The Balaban J connectivity index is 0.000001000. The molecule has 11 heavy (non-hydrogen) atoms. The highest BCUT2D eigenvalue weighted by Crippen LogP contribution is 2.07. The number of rotatable bonds is 2. The Hall–Kier alpha value is -0.785. The third-order valence-corrected chi connectivity index (χ3v) is 1.77. The van der Waals surface area contributed by atoms with Crippen molar-refractivity contribution in [1.29, 1.82) is 0 Å². The molecule has 0 aliphatic carbocycles. The molecule has 1 aromatic heterocycles. The second kappa shape index (κ2) is 4.94. The average molecular weight is 149 g/mol. The number of aromatic nitrogens is 1. The van der Waals surface area contributed by atoms with Gasteiger partial charge in [-0.25, -0.2) is 0 Å². The zero-order chi connectivity index (χ0) is 7.40. The van der Waals surface area contributed by atoms with Gasteiger partial charge in [-0.2, -0.15) is 0 Å². The maximum Gasteiger partial charge on any atom is 0.0814 e. The Labute approximate surface area is 70.4 Å². The Morgan fingerprint density at radius 3 is 2.27 bits per heavy atom. The summed E-state index contributed by atoms with van der Waals surface area (Å²) in [6.07, 6.45) is 6.03. The van der Waals surface area contributed by atoms with Gasteiger partial charge in [-0.05, 0) is 30.0 Å². The van der Waals surface area contributed by atoms with E-state index in [2.05, 4.69) is 24.9 Å². The number of pyridine rings is 1. The molecule has 1 aromatic rings. The average Bonchev–Trinajstić information content (AvgIpc) is 2.04. The predicted octanol–water partition coefficient (Wildman–Crippen LogP) is 1.02. The van der Waals surface area contributed by atoms with E-state index in [1.165, 1.54) is 11.1 Å². The van der Waals surface area contributed by atoms with Crippen LogP contribution in [0, 0.1) is 0 Å². The molecule has 1 heterocycles. The predicted molar refractivity (Wildman–Crippen MR) is 52.9 cm³/mol. The lowest BCUT2D eigenvalue weighted by atomic mass is 10.1. The van der Waals surface area contributed by atoms with Crippen LogP contribution in [0.2, 0.25) is 0 Å². The van der Waals surface area contributed by atoms with Crippen molar-refractivity contribution in [3.8, 4) is 0 Å². The molecule has 1 nitrogen and oxygen atoms in total. The van der Waals surface area contributed by atoms with Crippen molar-refractivity contribution in [3.05, 3.63) is 29.6 Å². The normalized spacial score (nSPS) is 8.91. The van der Waals surface area contributed by atoms with Crippen LogP contribution in [0.15, 0.2) is 18.5 Å². The molecule has 0 saturated carbocycles. The maximum atomic E-state index is 4.06. The first kappa shape index (κ1) is 10.2. The molecule has 0 fully saturated rings. The van der Waals surface area contributed by atoms with E-state index < -0.39 is 0 Å². The van der Waals surface area contributed by atoms with Gasteiger partial charge < -0.3 is 0 Å². The monoisotopic (exact) mass is 149 g/mol. The lowest BCUT2D eigenvalue weighted by Crippen LogP contribution is -1.90. The van der Waals surface area contributed by atoms with Gasteiger partial charge in [0.25, 0.3) is 0 Å². The van der Waals surface area contributed by atoms with E-state index in [0.717, 1.165) is 12.8 Å². The van der Waals surface area contributed by atoms with E-state index in [4.69, 9.17) is 0 Å². The first-order chi connectivity index (χ1) is 4.88. The van der Waals surface area contributed by atoms with E-state index in [9.17, 15) is 0 Å². The molecule has 0 spiro atoms. The van der Waals surface area contributed by atoms with Crippen LogP contribution in [0.5, 0.6) is 0 Å². The van der Waals surface area contributed by atoms with Crippen LogP contribution in [0.25, 0.3) is 0 Å². The molecule has 0 N–H and O–H groups in total. The second-order valence-electron chi connectivity index (χ2n) is 2.35. The maximum absolute atomic E-state index is 4.06. The molecular weight excluding hydrogens is 133 g/mol. The molecule has 1 rings (SSSR count). The van der Waals surface area contributed by atoms with E-state index in [-0.39, 0.29) is 8.41 Å². The van der Waals surface area contributed by atoms with Crippen molar-refractivity contribution in [1.82, 2.24) is 4.98 Å². The summed E-state index contributed by atoms with van der Waals surface area (Å²) in [7, 11) is 0. The third kappa shape index (κ3) is 2.37. The second-order valence-corrected chi connectivity index (χ2v) is 2.35. The van der Waals surface area contributed by atoms with Gasteiger partial charge in [0.15, 0.2) is 0 Å². The highest BCUT2D eigenvalue weighted by Gasteiger charge is 1.94. The van der Waals surface area contributed by atoms with Crippen LogP contribution < -0.4 is 0 Å². The number of hydrogen-bond donors (Lipinski definition) is 0. The number of hydrogen-bond acceptors (Lipinski definition) is 1. The van der Waals surface area contributed by atoms with E-state index >= 15 is 0 Å². The quantitative estimate of drug-likeness (QED) is 0.572. The van der Waals surface area contributed by atoms with Crippen LogP contribution in [0.3, 0.4) is 0 Å². The van der Waals surface area contributed by atoms with Crippen molar-refractivity contribution < 1.29 is 0 Å². The standard InChI is InChI=1S/C9H13N.BH3/c1-3-8-5-6-10-7-9(8)4-2;/h5-7H,3-4H2,1-2H3;1H3. The Kier molecular flexibility index (Phi) is 4.59. The van der Waals surface area contributed by atoms with Crippen molar-refractivity contribution >= 4 is 8.41 Å². The fraction of sp³-hybridized carbons (Fsp3) is 0.444. The minimum Gasteiger partial charge on any atom is -0.264 e. The molecule has 0 unspecified atom stereocenters. The van der Waals surface area contributed by atoms with Gasteiger partial charge in [0, 0.05) is 12.4 Å². The minimum absolute atomic E-state index is 0. The zero-order valence-electron chi connectivity index (χ0n) is 6.59. The van der Waals surface area contributed by atoms with Crippen LogP contribution in [-0.4, -0.2) is 13.4 Å². The molecule has 0 aromatic carbocycles. The highest BCUT2D eigenvalue weighted by atomic mass is 14.6. The lowest BCUT2D eigenvalue weighted by molar-refractivity contribution is 1.01. The smallest absolute Gasteiger partial charge is 0.0814 e. The molecule has 0 saturated heterocycles. The van der Waals surface area contributed by atoms with E-state index in [0.29, 0.717) is 0 Å². The van der Waals surface area contributed by atoms with Crippen LogP contribution in [0.1, 0.15) is 25.0 Å². The van der Waals surface area contributed by atoms with Crippen LogP contribution in [-0.2, 0) is 12.8 Å². The summed E-state index contributed by atoms with van der Waals surface area (Å²) in [6.45, 7) is 4.34. The molecule has 0 bridgehead atoms. The SMILES string of the molecule is B.CCc1ccncc1CC. The van der Waals surface area contributed by atoms with Gasteiger partial charge in [-0.1, -0.05) is 13.8 Å². The fourth-order valence-electron chi connectivity index (χ4n) is 1.12. The van der Waals surface area contributed by atoms with Crippen LogP contribution >= 0.6 is 0 Å². The van der Waals surface area contributed by atoms with Gasteiger partial charge in [0.05, 0.1) is 8.41 Å². The van der Waals surface area contributed by atoms with Crippen molar-refractivity contribution in [3.63, 3.8) is 0 Å². The topological polar surface area (TPSA) is 12.9 Å². The minimum atomic E-state index is 0. The van der Waals surface area contributed by atoms with Gasteiger partial charge >= 0.3 is 0 Å². The van der Waals surface area contributed by atoms with Gasteiger partial charge in [0.1, 0.15) is 0 Å². The fourth-order valence-corrected chi connectivity index (χ4v) is 1.12. The molecule has 60 valence electrons. The first-order valence-electron chi connectivity index (χ1n) is 3.80. The zero-order valence-corrected chi connectivity index (χ0v) is 6.59. The molecule has 0 radical (unpaired) electrons. The van der Waals surface area contributed by atoms with Crippen molar-refractivity contribution in [2.75, 3.05) is 0 Å². The molecular formula is C9H16BN. The Morgan fingerprint density at radius 2 is 1.82 bits per heavy atom. The molecule has 0 aliphatic heterocycles. The lowest BCUT2D eigenvalue weighted by Gasteiger charge is -2.01. The summed E-state index contributed by atoms with van der Waals surface area (Å²) >= 11 is 0. The van der Waals surface area contributed by atoms with Crippen molar-refractivity contribution in [2.24, 2.45) is 0 Å². The van der Waals surface area contributed by atoms with Gasteiger partial charge in [0.2, 0.25) is 0 Å². The summed E-state index contributed by atoms with van der Waals surface area (Å²) in [5.74, 6) is 0. The highest BCUT2D eigenvalue weighted by molar-refractivity contribution is 5.75. The summed E-state index contributed by atoms with van der Waals surface area (Å²) in [4.78, 5) is 4.06. The molecule has 0 amide bonds. The Bertz CT molecular complexity index is 187. The van der Waals surface area contributed by atoms with E-state index in [1.54, 1.807) is 0 Å². The summed E-state index contributed by atoms with van der Waals surface area (Å²) < 4.78 is 0. The Morgan fingerprint density at radius 1 is 1.18 bits per heavy atom. The summed E-state index contributed by atoms with van der Waals surface area (Å²) in [5.41, 5.74) is 2.81. The molecule has 2 heteroatoms. The number of nitrogens with zero attached hydrogens (tertiary/aromatic N) is 1. The van der Waals surface area contributed by atoms with Crippen LogP contribution in [0.4, 0.5) is 0 Å². The van der Waals surface area contributed by atoms with Gasteiger partial charge in [-0.15, -0.1) is 0 Å². The summed E-state index contributed by atoms with van der Waals surface area (Å²) in [6, 6.07) is 2.10.